The molecule has 0 saturated heterocycles. The molecule has 2 aromatic carbocycles. The average molecular weight is 448 g/mol. The highest BCUT2D eigenvalue weighted by Crippen LogP contribution is 2.17. The van der Waals surface area contributed by atoms with Gasteiger partial charge in [-0.25, -0.2) is 4.39 Å². The number of carbonyl (C=O) groups is 1. The topological polar surface area (TPSA) is 29.1 Å². The largest absolute Gasteiger partial charge is 0.352 e. The zero-order chi connectivity index (χ0) is 14.5. The Morgan fingerprint density at radius 1 is 1.20 bits per heavy atom. The van der Waals surface area contributed by atoms with Gasteiger partial charge in [0.05, 0.1) is 0 Å². The van der Waals surface area contributed by atoms with Gasteiger partial charge < -0.3 is 5.32 Å². The maximum absolute atomic E-state index is 12.8. The van der Waals surface area contributed by atoms with E-state index >= 15 is 0 Å². The summed E-state index contributed by atoms with van der Waals surface area (Å²) < 4.78 is 14.6. The van der Waals surface area contributed by atoms with Crippen LogP contribution in [0.25, 0.3) is 0 Å². The predicted molar refractivity (Wildman–Crippen MR) is 89.3 cm³/mol. The van der Waals surface area contributed by atoms with Crippen molar-refractivity contribution in [2.24, 2.45) is 0 Å². The number of rotatable bonds is 4. The number of benzene rings is 2. The van der Waals surface area contributed by atoms with Gasteiger partial charge in [-0.1, -0.05) is 28.1 Å². The molecule has 0 aliphatic rings. The van der Waals surface area contributed by atoms with Crippen LogP contribution < -0.4 is 5.32 Å². The van der Waals surface area contributed by atoms with Crippen LogP contribution >= 0.6 is 38.5 Å². The van der Waals surface area contributed by atoms with Gasteiger partial charge in [-0.05, 0) is 64.9 Å². The Labute approximate surface area is 139 Å². The Bertz CT molecular complexity index is 596. The van der Waals surface area contributed by atoms with Gasteiger partial charge in [0, 0.05) is 20.2 Å². The quantitative estimate of drug-likeness (QED) is 0.700. The molecule has 1 N–H and O–H groups in total. The summed E-state index contributed by atoms with van der Waals surface area (Å²) in [5.74, 6) is -0.354. The molecule has 0 bridgehead atoms. The monoisotopic (exact) mass is 447 g/mol. The summed E-state index contributed by atoms with van der Waals surface area (Å²) >= 11 is 5.54. The van der Waals surface area contributed by atoms with Crippen LogP contribution in [0.15, 0.2) is 46.9 Å². The third kappa shape index (κ3) is 4.56. The summed E-state index contributed by atoms with van der Waals surface area (Å²) in [5, 5.41) is 2.86. The second-order valence-corrected chi connectivity index (χ2v) is 6.45. The number of halogens is 3. The minimum Gasteiger partial charge on any atom is -0.352 e. The average Bonchev–Trinajstić information content (AvgIpc) is 2.40. The van der Waals surface area contributed by atoms with E-state index < -0.39 is 0 Å². The minimum absolute atomic E-state index is 0.105. The lowest BCUT2D eigenvalue weighted by molar-refractivity contribution is 0.0954. The maximum Gasteiger partial charge on any atom is 0.251 e. The van der Waals surface area contributed by atoms with Crippen molar-refractivity contribution in [3.05, 3.63) is 67.5 Å². The van der Waals surface area contributed by atoms with Crippen molar-refractivity contribution >= 4 is 44.4 Å². The van der Waals surface area contributed by atoms with Gasteiger partial charge in [0.25, 0.3) is 5.91 Å². The van der Waals surface area contributed by atoms with E-state index in [1.165, 1.54) is 12.1 Å². The van der Waals surface area contributed by atoms with Crippen LogP contribution in [-0.4, -0.2) is 12.5 Å². The zero-order valence-corrected chi connectivity index (χ0v) is 14.2. The van der Waals surface area contributed by atoms with Crippen molar-refractivity contribution in [3.63, 3.8) is 0 Å². The van der Waals surface area contributed by atoms with E-state index in [0.29, 0.717) is 18.5 Å². The van der Waals surface area contributed by atoms with Crippen LogP contribution in [-0.2, 0) is 6.42 Å². The first-order valence-corrected chi connectivity index (χ1v) is 7.90. The molecule has 0 heterocycles. The Hall–Kier alpha value is -0.950. The molecule has 0 fully saturated rings. The second-order valence-electron chi connectivity index (χ2n) is 4.29. The van der Waals surface area contributed by atoms with Gasteiger partial charge in [0.15, 0.2) is 0 Å². The van der Waals surface area contributed by atoms with Crippen molar-refractivity contribution in [1.29, 1.82) is 0 Å². The van der Waals surface area contributed by atoms with Crippen LogP contribution in [0.3, 0.4) is 0 Å². The van der Waals surface area contributed by atoms with Crippen molar-refractivity contribution in [3.8, 4) is 0 Å². The minimum atomic E-state index is -0.249. The first-order valence-electron chi connectivity index (χ1n) is 6.03. The van der Waals surface area contributed by atoms with Crippen LogP contribution in [0.2, 0.25) is 0 Å². The second kappa shape index (κ2) is 7.17. The first kappa shape index (κ1) is 15.4. The van der Waals surface area contributed by atoms with Crippen LogP contribution in [0.5, 0.6) is 0 Å². The fraction of sp³-hybridized carbons (Fsp3) is 0.133. The van der Waals surface area contributed by atoms with Crippen LogP contribution in [0.1, 0.15) is 15.9 Å². The van der Waals surface area contributed by atoms with E-state index in [2.05, 4.69) is 43.8 Å². The SMILES string of the molecule is O=C(NCCc1ccc(F)cc1)c1cc(Br)cc(I)c1. The molecule has 0 aromatic heterocycles. The first-order chi connectivity index (χ1) is 9.54. The molecule has 2 rings (SSSR count). The molecule has 2 nitrogen and oxygen atoms in total. The molecule has 5 heteroatoms. The summed E-state index contributed by atoms with van der Waals surface area (Å²) in [5.41, 5.74) is 1.62. The van der Waals surface area contributed by atoms with Gasteiger partial charge in [0.1, 0.15) is 5.82 Å². The summed E-state index contributed by atoms with van der Waals surface area (Å²) in [6, 6.07) is 11.9. The molecule has 0 aliphatic carbocycles. The summed E-state index contributed by atoms with van der Waals surface area (Å²) in [4.78, 5) is 12.0. The lowest BCUT2D eigenvalue weighted by atomic mass is 10.1. The third-order valence-corrected chi connectivity index (χ3v) is 3.82. The van der Waals surface area contributed by atoms with E-state index in [1.54, 1.807) is 18.2 Å². The van der Waals surface area contributed by atoms with Crippen LogP contribution in [0, 0.1) is 9.39 Å². The van der Waals surface area contributed by atoms with Crippen molar-refractivity contribution in [2.75, 3.05) is 6.54 Å². The molecule has 0 atom stereocenters. The van der Waals surface area contributed by atoms with Crippen molar-refractivity contribution in [2.45, 2.75) is 6.42 Å². The maximum atomic E-state index is 12.8. The van der Waals surface area contributed by atoms with Gasteiger partial charge in [-0.15, -0.1) is 0 Å². The molecule has 0 aliphatic heterocycles. The number of hydrogen-bond acceptors (Lipinski definition) is 1. The molecule has 20 heavy (non-hydrogen) atoms. The molecule has 0 saturated carbocycles. The molecular weight excluding hydrogens is 436 g/mol. The van der Waals surface area contributed by atoms with Gasteiger partial charge in [-0.2, -0.15) is 0 Å². The number of amides is 1. The van der Waals surface area contributed by atoms with E-state index in [4.69, 9.17) is 0 Å². The molecule has 0 radical (unpaired) electrons. The van der Waals surface area contributed by atoms with E-state index in [9.17, 15) is 9.18 Å². The van der Waals surface area contributed by atoms with Crippen molar-refractivity contribution in [1.82, 2.24) is 5.32 Å². The lowest BCUT2D eigenvalue weighted by Crippen LogP contribution is -2.25. The summed E-state index contributed by atoms with van der Waals surface area (Å²) in [6.45, 7) is 0.521. The van der Waals surface area contributed by atoms with E-state index in [1.807, 2.05) is 12.1 Å². The van der Waals surface area contributed by atoms with E-state index in [-0.39, 0.29) is 11.7 Å². The fourth-order valence-electron chi connectivity index (χ4n) is 1.76. The highest BCUT2D eigenvalue weighted by Gasteiger charge is 2.07. The third-order valence-electron chi connectivity index (χ3n) is 2.74. The lowest BCUT2D eigenvalue weighted by Gasteiger charge is -2.06. The number of carbonyl (C=O) groups excluding carboxylic acids is 1. The number of hydrogen-bond donors (Lipinski definition) is 1. The molecule has 0 unspecified atom stereocenters. The normalized spacial score (nSPS) is 10.3. The van der Waals surface area contributed by atoms with Crippen molar-refractivity contribution < 1.29 is 9.18 Å². The van der Waals surface area contributed by atoms with Gasteiger partial charge >= 0.3 is 0 Å². The standard InChI is InChI=1S/C15H12BrFINO/c16-12-7-11(8-14(18)9-12)15(20)19-6-5-10-1-3-13(17)4-2-10/h1-4,7-9H,5-6H2,(H,19,20). The summed E-state index contributed by atoms with van der Waals surface area (Å²) in [6.07, 6.45) is 0.678. The van der Waals surface area contributed by atoms with Gasteiger partial charge in [-0.3, -0.25) is 4.79 Å². The molecular formula is C15H12BrFINO. The van der Waals surface area contributed by atoms with Gasteiger partial charge in [0.2, 0.25) is 0 Å². The molecule has 2 aromatic rings. The Morgan fingerprint density at radius 3 is 2.55 bits per heavy atom. The number of nitrogens with one attached hydrogen (secondary N) is 1. The Morgan fingerprint density at radius 2 is 1.90 bits per heavy atom. The van der Waals surface area contributed by atoms with Crippen LogP contribution in [0.4, 0.5) is 4.39 Å². The summed E-state index contributed by atoms with van der Waals surface area (Å²) in [7, 11) is 0. The van der Waals surface area contributed by atoms with E-state index in [0.717, 1.165) is 13.6 Å². The highest BCUT2D eigenvalue weighted by molar-refractivity contribution is 14.1. The zero-order valence-electron chi connectivity index (χ0n) is 10.5. The smallest absolute Gasteiger partial charge is 0.251 e. The molecule has 104 valence electrons. The fourth-order valence-corrected chi connectivity index (χ4v) is 3.35. The predicted octanol–water partition coefficient (Wildman–Crippen LogP) is 4.17. The Balaban J connectivity index is 1.90. The molecule has 1 amide bonds. The molecule has 0 spiro atoms. The Kier molecular flexibility index (Phi) is 5.54. The highest BCUT2D eigenvalue weighted by atomic mass is 127.